The summed E-state index contributed by atoms with van der Waals surface area (Å²) in [5.41, 5.74) is 2.70. The number of carbonyl (C=O) groups is 1. The Kier molecular flexibility index (Phi) is 4.70. The van der Waals surface area contributed by atoms with Crippen LogP contribution in [0.3, 0.4) is 0 Å². The van der Waals surface area contributed by atoms with Gasteiger partial charge in [0.25, 0.3) is 5.91 Å². The maximum atomic E-state index is 12.1. The fraction of sp³-hybridized carbons (Fsp3) is 0.500. The number of nitrogens with one attached hydrogen (secondary N) is 1. The van der Waals surface area contributed by atoms with Crippen LogP contribution >= 0.6 is 0 Å². The predicted molar refractivity (Wildman–Crippen MR) is 69.1 cm³/mol. The molecule has 1 aromatic carbocycles. The van der Waals surface area contributed by atoms with E-state index in [0.717, 1.165) is 16.7 Å². The molecule has 2 atom stereocenters. The number of aliphatic hydroxyl groups is 1. The van der Waals surface area contributed by atoms with Crippen LogP contribution in [0.25, 0.3) is 0 Å². The van der Waals surface area contributed by atoms with Crippen LogP contribution in [-0.2, 0) is 0 Å². The third kappa shape index (κ3) is 3.30. The van der Waals surface area contributed by atoms with Crippen molar-refractivity contribution in [3.05, 3.63) is 34.9 Å². The Morgan fingerprint density at radius 3 is 2.29 bits per heavy atom. The number of hydrogen-bond donors (Lipinski definition) is 2. The van der Waals surface area contributed by atoms with Crippen LogP contribution in [0, 0.1) is 19.8 Å². The summed E-state index contributed by atoms with van der Waals surface area (Å²) in [6.07, 6.45) is 0. The van der Waals surface area contributed by atoms with Gasteiger partial charge in [0.15, 0.2) is 0 Å². The molecule has 0 heterocycles. The van der Waals surface area contributed by atoms with Crippen LogP contribution in [0.2, 0.25) is 0 Å². The lowest BCUT2D eigenvalue weighted by Gasteiger charge is -2.20. The van der Waals surface area contributed by atoms with Crippen molar-refractivity contribution in [2.75, 3.05) is 6.61 Å². The van der Waals surface area contributed by atoms with E-state index < -0.39 is 0 Å². The molecule has 3 heteroatoms. The van der Waals surface area contributed by atoms with Gasteiger partial charge in [0.2, 0.25) is 0 Å². The molecule has 1 rings (SSSR count). The maximum Gasteiger partial charge on any atom is 0.252 e. The summed E-state index contributed by atoms with van der Waals surface area (Å²) in [5, 5.41) is 12.0. The molecule has 1 aromatic rings. The molecule has 1 amide bonds. The summed E-state index contributed by atoms with van der Waals surface area (Å²) < 4.78 is 0. The third-order valence-corrected chi connectivity index (χ3v) is 3.21. The molecule has 0 aliphatic heterocycles. The highest BCUT2D eigenvalue weighted by molar-refractivity contribution is 5.97. The van der Waals surface area contributed by atoms with Gasteiger partial charge >= 0.3 is 0 Å². The minimum Gasteiger partial charge on any atom is -0.396 e. The largest absolute Gasteiger partial charge is 0.396 e. The summed E-state index contributed by atoms with van der Waals surface area (Å²) >= 11 is 0. The van der Waals surface area contributed by atoms with Crippen molar-refractivity contribution >= 4 is 5.91 Å². The van der Waals surface area contributed by atoms with Crippen molar-refractivity contribution in [2.45, 2.75) is 33.7 Å². The summed E-state index contributed by atoms with van der Waals surface area (Å²) in [7, 11) is 0. The van der Waals surface area contributed by atoms with Crippen LogP contribution in [0.4, 0.5) is 0 Å². The Bertz CT molecular complexity index is 381. The van der Waals surface area contributed by atoms with Crippen LogP contribution in [0.15, 0.2) is 18.2 Å². The molecule has 0 saturated heterocycles. The van der Waals surface area contributed by atoms with E-state index in [1.165, 1.54) is 0 Å². The van der Waals surface area contributed by atoms with Gasteiger partial charge in [-0.2, -0.15) is 0 Å². The second-order valence-electron chi connectivity index (χ2n) is 4.69. The van der Waals surface area contributed by atoms with Gasteiger partial charge < -0.3 is 10.4 Å². The number of hydrogen-bond acceptors (Lipinski definition) is 2. The minimum absolute atomic E-state index is 0.0356. The molecule has 0 fully saturated rings. The normalized spacial score (nSPS) is 14.2. The van der Waals surface area contributed by atoms with E-state index >= 15 is 0 Å². The maximum absolute atomic E-state index is 12.1. The van der Waals surface area contributed by atoms with Crippen LogP contribution < -0.4 is 5.32 Å². The van der Waals surface area contributed by atoms with Gasteiger partial charge in [0, 0.05) is 18.2 Å². The van der Waals surface area contributed by atoms with E-state index in [-0.39, 0.29) is 24.5 Å². The number of rotatable bonds is 4. The molecular formula is C14H21NO2. The summed E-state index contributed by atoms with van der Waals surface area (Å²) in [5.74, 6) is -0.00308. The fourth-order valence-corrected chi connectivity index (χ4v) is 1.75. The van der Waals surface area contributed by atoms with E-state index in [0.29, 0.717) is 0 Å². The Morgan fingerprint density at radius 2 is 1.82 bits per heavy atom. The second kappa shape index (κ2) is 5.82. The van der Waals surface area contributed by atoms with Crippen LogP contribution in [-0.4, -0.2) is 23.7 Å². The molecule has 0 bridgehead atoms. The van der Waals surface area contributed by atoms with E-state index in [1.807, 2.05) is 45.9 Å². The topological polar surface area (TPSA) is 49.3 Å². The summed E-state index contributed by atoms with van der Waals surface area (Å²) in [4.78, 5) is 12.1. The molecular weight excluding hydrogens is 214 g/mol. The van der Waals surface area contributed by atoms with Gasteiger partial charge in [-0.15, -0.1) is 0 Å². The van der Waals surface area contributed by atoms with Gasteiger partial charge in [0.05, 0.1) is 0 Å². The first-order valence-electron chi connectivity index (χ1n) is 5.95. The van der Waals surface area contributed by atoms with E-state index in [9.17, 15) is 4.79 Å². The minimum atomic E-state index is -0.0617. The quantitative estimate of drug-likeness (QED) is 0.839. The molecule has 0 aromatic heterocycles. The van der Waals surface area contributed by atoms with Gasteiger partial charge in [-0.3, -0.25) is 4.79 Å². The third-order valence-electron chi connectivity index (χ3n) is 3.21. The molecule has 94 valence electrons. The SMILES string of the molecule is Cc1cccc(C)c1C(=O)NC(C)C(C)CO. The lowest BCUT2D eigenvalue weighted by Crippen LogP contribution is -2.38. The van der Waals surface area contributed by atoms with Crippen molar-refractivity contribution in [1.29, 1.82) is 0 Å². The molecule has 2 unspecified atom stereocenters. The predicted octanol–water partition coefficient (Wildman–Crippen LogP) is 2.05. The monoisotopic (exact) mass is 235 g/mol. The fourth-order valence-electron chi connectivity index (χ4n) is 1.75. The van der Waals surface area contributed by atoms with Gasteiger partial charge in [0.1, 0.15) is 0 Å². The van der Waals surface area contributed by atoms with Gasteiger partial charge in [-0.1, -0.05) is 25.1 Å². The molecule has 0 saturated carbocycles. The highest BCUT2D eigenvalue weighted by Crippen LogP contribution is 2.14. The Labute approximate surface area is 103 Å². The molecule has 2 N–H and O–H groups in total. The smallest absolute Gasteiger partial charge is 0.252 e. The Morgan fingerprint density at radius 1 is 1.29 bits per heavy atom. The van der Waals surface area contributed by atoms with Crippen molar-refractivity contribution in [3.8, 4) is 0 Å². The molecule has 0 spiro atoms. The molecule has 0 aliphatic rings. The van der Waals surface area contributed by atoms with E-state index in [2.05, 4.69) is 5.32 Å². The second-order valence-corrected chi connectivity index (χ2v) is 4.69. The van der Waals surface area contributed by atoms with Crippen LogP contribution in [0.5, 0.6) is 0 Å². The number of aliphatic hydroxyl groups excluding tert-OH is 1. The number of amides is 1. The zero-order valence-corrected chi connectivity index (χ0v) is 10.9. The summed E-state index contributed by atoms with van der Waals surface area (Å²) in [6.45, 7) is 7.76. The number of carbonyl (C=O) groups excluding carboxylic acids is 1. The highest BCUT2D eigenvalue weighted by atomic mass is 16.3. The lowest BCUT2D eigenvalue weighted by molar-refractivity contribution is 0.0915. The van der Waals surface area contributed by atoms with Crippen molar-refractivity contribution in [3.63, 3.8) is 0 Å². The molecule has 3 nitrogen and oxygen atoms in total. The van der Waals surface area contributed by atoms with Crippen LogP contribution in [0.1, 0.15) is 35.3 Å². The molecule has 0 aliphatic carbocycles. The van der Waals surface area contributed by atoms with Crippen molar-refractivity contribution < 1.29 is 9.90 Å². The summed E-state index contributed by atoms with van der Waals surface area (Å²) in [6, 6.07) is 5.78. The highest BCUT2D eigenvalue weighted by Gasteiger charge is 2.17. The van der Waals surface area contributed by atoms with Crippen molar-refractivity contribution in [1.82, 2.24) is 5.32 Å². The average Bonchev–Trinajstić information content (AvgIpc) is 2.27. The first-order valence-corrected chi connectivity index (χ1v) is 5.95. The van der Waals surface area contributed by atoms with Crippen molar-refractivity contribution in [2.24, 2.45) is 5.92 Å². The lowest BCUT2D eigenvalue weighted by atomic mass is 10.0. The van der Waals surface area contributed by atoms with E-state index in [4.69, 9.17) is 5.11 Å². The van der Waals surface area contributed by atoms with Gasteiger partial charge in [-0.05, 0) is 37.8 Å². The van der Waals surface area contributed by atoms with E-state index in [1.54, 1.807) is 0 Å². The first-order chi connectivity index (χ1) is 7.97. The number of benzene rings is 1. The Hall–Kier alpha value is -1.35. The average molecular weight is 235 g/mol. The standard InChI is InChI=1S/C14H21NO2/c1-9-6-5-7-10(2)13(9)14(17)15-12(4)11(3)8-16/h5-7,11-12,16H,8H2,1-4H3,(H,15,17). The molecule has 0 radical (unpaired) electrons. The number of aryl methyl sites for hydroxylation is 2. The zero-order valence-electron chi connectivity index (χ0n) is 10.9. The Balaban J connectivity index is 2.84. The zero-order chi connectivity index (χ0) is 13.0. The van der Waals surface area contributed by atoms with Gasteiger partial charge in [-0.25, -0.2) is 0 Å². The molecule has 17 heavy (non-hydrogen) atoms. The first kappa shape index (κ1) is 13.7.